The van der Waals surface area contributed by atoms with E-state index in [0.29, 0.717) is 17.5 Å². The minimum absolute atomic E-state index is 0.647. The summed E-state index contributed by atoms with van der Waals surface area (Å²) in [4.78, 5) is 14.8. The van der Waals surface area contributed by atoms with Crippen molar-refractivity contribution >= 4 is 32.3 Å². The van der Waals surface area contributed by atoms with Crippen LogP contribution < -0.4 is 0 Å². The molecule has 0 radical (unpaired) electrons. The van der Waals surface area contributed by atoms with Crippen LogP contribution in [0.3, 0.4) is 0 Å². The molecular formula is C45H29N3. The van der Waals surface area contributed by atoms with Crippen LogP contribution in [0.1, 0.15) is 0 Å². The maximum atomic E-state index is 4.95. The third-order valence-electron chi connectivity index (χ3n) is 9.12. The van der Waals surface area contributed by atoms with Crippen LogP contribution in [0.2, 0.25) is 0 Å². The second-order valence-electron chi connectivity index (χ2n) is 12.0. The van der Waals surface area contributed by atoms with Crippen LogP contribution in [-0.4, -0.2) is 15.0 Å². The summed E-state index contributed by atoms with van der Waals surface area (Å²) in [7, 11) is 0. The lowest BCUT2D eigenvalue weighted by atomic mass is 9.88. The largest absolute Gasteiger partial charge is 0.208 e. The molecule has 0 aliphatic rings. The Bertz CT molecular complexity index is 2540. The highest BCUT2D eigenvalue weighted by Gasteiger charge is 2.16. The fraction of sp³-hybridized carbons (Fsp3) is 0. The Morgan fingerprint density at radius 3 is 1.35 bits per heavy atom. The summed E-state index contributed by atoms with van der Waals surface area (Å²) >= 11 is 0. The zero-order valence-electron chi connectivity index (χ0n) is 26.1. The average molecular weight is 612 g/mol. The molecular weight excluding hydrogens is 583 g/mol. The molecule has 0 aliphatic heterocycles. The van der Waals surface area contributed by atoms with E-state index < -0.39 is 0 Å². The van der Waals surface area contributed by atoms with Gasteiger partial charge in [0.1, 0.15) is 0 Å². The molecule has 1 aromatic heterocycles. The van der Waals surface area contributed by atoms with E-state index in [9.17, 15) is 0 Å². The molecule has 0 spiro atoms. The van der Waals surface area contributed by atoms with Crippen molar-refractivity contribution in [2.75, 3.05) is 0 Å². The lowest BCUT2D eigenvalue weighted by Gasteiger charge is -2.16. The molecule has 3 heteroatoms. The molecule has 0 bridgehead atoms. The summed E-state index contributed by atoms with van der Waals surface area (Å²) < 4.78 is 0. The Hall–Kier alpha value is -6.45. The molecule has 0 N–H and O–H groups in total. The summed E-state index contributed by atoms with van der Waals surface area (Å²) in [5.74, 6) is 1.96. The molecule has 0 saturated heterocycles. The first-order chi connectivity index (χ1) is 23.8. The highest BCUT2D eigenvalue weighted by atomic mass is 15.0. The van der Waals surface area contributed by atoms with Crippen molar-refractivity contribution in [2.24, 2.45) is 0 Å². The third kappa shape index (κ3) is 4.99. The van der Waals surface area contributed by atoms with Gasteiger partial charge in [0.05, 0.1) is 0 Å². The maximum absolute atomic E-state index is 4.95. The van der Waals surface area contributed by atoms with Crippen molar-refractivity contribution in [1.82, 2.24) is 15.0 Å². The molecule has 9 rings (SSSR count). The van der Waals surface area contributed by atoms with Gasteiger partial charge in [0.15, 0.2) is 17.5 Å². The number of fused-ring (bicyclic) bond motifs is 4. The highest BCUT2D eigenvalue weighted by Crippen LogP contribution is 2.40. The van der Waals surface area contributed by atoms with E-state index in [4.69, 9.17) is 15.0 Å². The molecule has 8 aromatic carbocycles. The van der Waals surface area contributed by atoms with Gasteiger partial charge in [0, 0.05) is 16.7 Å². The van der Waals surface area contributed by atoms with Gasteiger partial charge in [-0.25, -0.2) is 15.0 Å². The molecule has 0 amide bonds. The van der Waals surface area contributed by atoms with Crippen molar-refractivity contribution < 1.29 is 0 Å². The minimum Gasteiger partial charge on any atom is -0.208 e. The van der Waals surface area contributed by atoms with Gasteiger partial charge in [-0.15, -0.1) is 0 Å². The first kappa shape index (κ1) is 27.8. The predicted molar refractivity (Wildman–Crippen MR) is 200 cm³/mol. The Morgan fingerprint density at radius 2 is 0.708 bits per heavy atom. The summed E-state index contributed by atoms with van der Waals surface area (Å²) in [6.07, 6.45) is 0. The van der Waals surface area contributed by atoms with Gasteiger partial charge in [0.2, 0.25) is 0 Å². The van der Waals surface area contributed by atoms with Gasteiger partial charge in [-0.2, -0.15) is 0 Å². The number of nitrogens with zero attached hydrogens (tertiary/aromatic N) is 3. The summed E-state index contributed by atoms with van der Waals surface area (Å²) in [6, 6.07) is 61.9. The first-order valence-electron chi connectivity index (χ1n) is 16.2. The van der Waals surface area contributed by atoms with Crippen molar-refractivity contribution in [2.45, 2.75) is 0 Å². The number of benzene rings is 8. The van der Waals surface area contributed by atoms with Crippen LogP contribution >= 0.6 is 0 Å². The fourth-order valence-corrected chi connectivity index (χ4v) is 6.73. The Labute approximate surface area is 278 Å². The minimum atomic E-state index is 0.647. The quantitative estimate of drug-likeness (QED) is 0.182. The molecule has 224 valence electrons. The number of hydrogen-bond donors (Lipinski definition) is 0. The van der Waals surface area contributed by atoms with Crippen LogP contribution in [0.25, 0.3) is 88.7 Å². The van der Waals surface area contributed by atoms with Crippen LogP contribution in [0.5, 0.6) is 0 Å². The smallest absolute Gasteiger partial charge is 0.164 e. The van der Waals surface area contributed by atoms with Crippen LogP contribution in [0.4, 0.5) is 0 Å². The lowest BCUT2D eigenvalue weighted by molar-refractivity contribution is 1.07. The van der Waals surface area contributed by atoms with Crippen molar-refractivity contribution in [3.8, 4) is 56.4 Å². The molecule has 0 fully saturated rings. The SMILES string of the molecule is c1ccc(-c2nc(-c3ccccc3)nc(-c3ccc(-c4c(-c5ccc6c(ccc7ccccc76)c5)ccc5ccccc45)cc3)n2)cc1. The van der Waals surface area contributed by atoms with Crippen molar-refractivity contribution in [3.05, 3.63) is 176 Å². The monoisotopic (exact) mass is 611 g/mol. The molecule has 9 aromatic rings. The molecule has 0 saturated carbocycles. The van der Waals surface area contributed by atoms with Crippen LogP contribution in [0.15, 0.2) is 176 Å². The van der Waals surface area contributed by atoms with Crippen molar-refractivity contribution in [3.63, 3.8) is 0 Å². The van der Waals surface area contributed by atoms with Gasteiger partial charge in [-0.3, -0.25) is 0 Å². The molecule has 1 heterocycles. The Kier molecular flexibility index (Phi) is 6.80. The Morgan fingerprint density at radius 1 is 0.271 bits per heavy atom. The standard InChI is InChI=1S/C45H29N3/c1-3-13-33(14-4-1)43-46-44(34-15-5-2-6-16-34)48-45(47-43)35-22-20-32(21-23-35)42-40-18-10-8-12-31(40)25-28-41(42)37-26-27-39-36(29-37)24-19-30-11-7-9-17-38(30)39/h1-29H. The normalized spacial score (nSPS) is 11.3. The highest BCUT2D eigenvalue weighted by molar-refractivity contribution is 6.10. The second-order valence-corrected chi connectivity index (χ2v) is 12.0. The number of aromatic nitrogens is 3. The lowest BCUT2D eigenvalue weighted by Crippen LogP contribution is -2.00. The first-order valence-corrected chi connectivity index (χ1v) is 16.2. The number of hydrogen-bond acceptors (Lipinski definition) is 3. The van der Waals surface area contributed by atoms with E-state index in [1.807, 2.05) is 60.7 Å². The predicted octanol–water partition coefficient (Wildman–Crippen LogP) is 11.7. The maximum Gasteiger partial charge on any atom is 0.164 e. The topological polar surface area (TPSA) is 38.7 Å². The van der Waals surface area contributed by atoms with E-state index >= 15 is 0 Å². The van der Waals surface area contributed by atoms with Crippen molar-refractivity contribution in [1.29, 1.82) is 0 Å². The van der Waals surface area contributed by atoms with E-state index in [0.717, 1.165) is 22.3 Å². The third-order valence-corrected chi connectivity index (χ3v) is 9.12. The van der Waals surface area contributed by atoms with Crippen LogP contribution in [-0.2, 0) is 0 Å². The Balaban J connectivity index is 1.18. The number of rotatable bonds is 5. The van der Waals surface area contributed by atoms with Gasteiger partial charge >= 0.3 is 0 Å². The molecule has 0 unspecified atom stereocenters. The zero-order chi connectivity index (χ0) is 31.9. The summed E-state index contributed by atoms with van der Waals surface area (Å²) in [5, 5.41) is 7.47. The van der Waals surface area contributed by atoms with Crippen LogP contribution in [0, 0.1) is 0 Å². The van der Waals surface area contributed by atoms with E-state index in [-0.39, 0.29) is 0 Å². The molecule has 48 heavy (non-hydrogen) atoms. The van der Waals surface area contributed by atoms with Gasteiger partial charge < -0.3 is 0 Å². The molecule has 0 atom stereocenters. The second kappa shape index (κ2) is 11.7. The van der Waals surface area contributed by atoms with E-state index in [1.165, 1.54) is 49.0 Å². The van der Waals surface area contributed by atoms with Gasteiger partial charge in [-0.1, -0.05) is 170 Å². The fourth-order valence-electron chi connectivity index (χ4n) is 6.73. The summed E-state index contributed by atoms with van der Waals surface area (Å²) in [5.41, 5.74) is 7.61. The molecule has 3 nitrogen and oxygen atoms in total. The molecule has 0 aliphatic carbocycles. The van der Waals surface area contributed by atoms with Gasteiger partial charge in [-0.05, 0) is 60.6 Å². The summed E-state index contributed by atoms with van der Waals surface area (Å²) in [6.45, 7) is 0. The average Bonchev–Trinajstić information content (AvgIpc) is 3.18. The van der Waals surface area contributed by atoms with Gasteiger partial charge in [0.25, 0.3) is 0 Å². The van der Waals surface area contributed by atoms with E-state index in [1.54, 1.807) is 0 Å². The zero-order valence-corrected chi connectivity index (χ0v) is 26.1. The van der Waals surface area contributed by atoms with E-state index in [2.05, 4.69) is 115 Å².